The van der Waals surface area contributed by atoms with E-state index in [2.05, 4.69) is 11.4 Å². The maximum Gasteiger partial charge on any atom is 0.164 e. The number of benzene rings is 1. The van der Waals surface area contributed by atoms with Gasteiger partial charge < -0.3 is 20.5 Å². The molecular weight excluding hydrogens is 216 g/mol. The minimum atomic E-state index is 0.441. The summed E-state index contributed by atoms with van der Waals surface area (Å²) in [5.74, 6) is 2.73. The van der Waals surface area contributed by atoms with Crippen LogP contribution in [0, 0.1) is 5.92 Å². The Morgan fingerprint density at radius 3 is 3.00 bits per heavy atom. The molecule has 3 N–H and O–H groups in total. The lowest BCUT2D eigenvalue weighted by Gasteiger charge is -2.25. The van der Waals surface area contributed by atoms with Crippen LogP contribution in [0.25, 0.3) is 0 Å². The molecule has 4 heteroatoms. The number of nitrogens with one attached hydrogen (secondary N) is 1. The summed E-state index contributed by atoms with van der Waals surface area (Å²) in [5.41, 5.74) is 7.06. The first-order valence-corrected chi connectivity index (χ1v) is 6.19. The second kappa shape index (κ2) is 4.55. The van der Waals surface area contributed by atoms with Crippen LogP contribution in [0.15, 0.2) is 18.2 Å². The fourth-order valence-electron chi connectivity index (χ4n) is 2.73. The second-order valence-corrected chi connectivity index (χ2v) is 4.63. The summed E-state index contributed by atoms with van der Waals surface area (Å²) in [6, 6.07) is 6.14. The van der Waals surface area contributed by atoms with Gasteiger partial charge in [-0.05, 0) is 25.1 Å². The van der Waals surface area contributed by atoms with Crippen molar-refractivity contribution in [3.05, 3.63) is 23.8 Å². The van der Waals surface area contributed by atoms with Crippen LogP contribution in [0.2, 0.25) is 0 Å². The highest BCUT2D eigenvalue weighted by atomic mass is 16.6. The van der Waals surface area contributed by atoms with Crippen molar-refractivity contribution in [2.24, 2.45) is 11.7 Å². The topological polar surface area (TPSA) is 56.5 Å². The molecule has 0 aliphatic carbocycles. The number of hydrogen-bond acceptors (Lipinski definition) is 4. The van der Waals surface area contributed by atoms with Crippen molar-refractivity contribution >= 4 is 0 Å². The summed E-state index contributed by atoms with van der Waals surface area (Å²) in [4.78, 5) is 0. The quantitative estimate of drug-likeness (QED) is 0.791. The van der Waals surface area contributed by atoms with Crippen molar-refractivity contribution in [2.45, 2.75) is 5.92 Å². The van der Waals surface area contributed by atoms with E-state index in [4.69, 9.17) is 15.2 Å². The van der Waals surface area contributed by atoms with Crippen molar-refractivity contribution in [3.63, 3.8) is 0 Å². The average molecular weight is 234 g/mol. The van der Waals surface area contributed by atoms with Gasteiger partial charge in [0.1, 0.15) is 13.2 Å². The van der Waals surface area contributed by atoms with E-state index in [1.54, 1.807) is 0 Å². The lowest BCUT2D eigenvalue weighted by atomic mass is 9.88. The lowest BCUT2D eigenvalue weighted by Crippen LogP contribution is -2.23. The molecular formula is C13H18N2O2. The third kappa shape index (κ3) is 1.87. The molecule has 2 aliphatic heterocycles. The lowest BCUT2D eigenvalue weighted by molar-refractivity contribution is 0.169. The first kappa shape index (κ1) is 10.9. The van der Waals surface area contributed by atoms with Gasteiger partial charge in [0.25, 0.3) is 0 Å². The van der Waals surface area contributed by atoms with Crippen LogP contribution in [0.4, 0.5) is 0 Å². The fourth-order valence-corrected chi connectivity index (χ4v) is 2.73. The van der Waals surface area contributed by atoms with E-state index in [1.165, 1.54) is 5.56 Å². The average Bonchev–Trinajstić information content (AvgIpc) is 2.86. The van der Waals surface area contributed by atoms with Gasteiger partial charge in [0.2, 0.25) is 0 Å². The van der Waals surface area contributed by atoms with Crippen molar-refractivity contribution < 1.29 is 9.47 Å². The molecule has 1 fully saturated rings. The molecule has 4 nitrogen and oxygen atoms in total. The van der Waals surface area contributed by atoms with Crippen molar-refractivity contribution in [2.75, 3.05) is 32.8 Å². The molecule has 0 amide bonds. The molecule has 0 aromatic heterocycles. The molecule has 2 unspecified atom stereocenters. The summed E-state index contributed by atoms with van der Waals surface area (Å²) < 4.78 is 11.4. The van der Waals surface area contributed by atoms with E-state index in [0.29, 0.717) is 31.6 Å². The van der Waals surface area contributed by atoms with Gasteiger partial charge in [-0.1, -0.05) is 12.1 Å². The van der Waals surface area contributed by atoms with Crippen LogP contribution in [0.1, 0.15) is 11.5 Å². The zero-order valence-corrected chi connectivity index (χ0v) is 9.82. The van der Waals surface area contributed by atoms with E-state index in [1.807, 2.05) is 12.1 Å². The van der Waals surface area contributed by atoms with Crippen LogP contribution in [-0.4, -0.2) is 32.8 Å². The van der Waals surface area contributed by atoms with Gasteiger partial charge in [-0.3, -0.25) is 0 Å². The smallest absolute Gasteiger partial charge is 0.164 e. The Kier molecular flexibility index (Phi) is 2.91. The predicted molar refractivity (Wildman–Crippen MR) is 65.6 cm³/mol. The largest absolute Gasteiger partial charge is 0.486 e. The minimum Gasteiger partial charge on any atom is -0.486 e. The number of nitrogens with two attached hydrogens (primary N) is 1. The van der Waals surface area contributed by atoms with Crippen LogP contribution in [-0.2, 0) is 0 Å². The Hall–Kier alpha value is -1.26. The SMILES string of the molecule is NCC1CNCC1c1cccc2c1OCCO2. The van der Waals surface area contributed by atoms with Crippen molar-refractivity contribution in [1.29, 1.82) is 0 Å². The summed E-state index contributed by atoms with van der Waals surface area (Å²) in [6.07, 6.45) is 0. The zero-order valence-electron chi connectivity index (χ0n) is 9.82. The zero-order chi connectivity index (χ0) is 11.7. The highest BCUT2D eigenvalue weighted by molar-refractivity contribution is 5.49. The molecule has 2 aliphatic rings. The Morgan fingerprint density at radius 2 is 2.12 bits per heavy atom. The van der Waals surface area contributed by atoms with E-state index >= 15 is 0 Å². The molecule has 1 aromatic rings. The fraction of sp³-hybridized carbons (Fsp3) is 0.538. The number of ether oxygens (including phenoxy) is 2. The summed E-state index contributed by atoms with van der Waals surface area (Å²) >= 11 is 0. The first-order chi connectivity index (χ1) is 8.40. The molecule has 0 bridgehead atoms. The maximum atomic E-state index is 5.83. The Labute approximate surface area is 101 Å². The van der Waals surface area contributed by atoms with E-state index in [-0.39, 0.29) is 0 Å². The third-order valence-corrected chi connectivity index (χ3v) is 3.64. The predicted octanol–water partition coefficient (Wildman–Crippen LogP) is 0.719. The van der Waals surface area contributed by atoms with Crippen LogP contribution >= 0.6 is 0 Å². The van der Waals surface area contributed by atoms with Gasteiger partial charge in [0, 0.05) is 18.0 Å². The molecule has 0 spiro atoms. The molecule has 17 heavy (non-hydrogen) atoms. The molecule has 0 radical (unpaired) electrons. The van der Waals surface area contributed by atoms with Crippen LogP contribution < -0.4 is 20.5 Å². The monoisotopic (exact) mass is 234 g/mol. The number of para-hydroxylation sites is 1. The van der Waals surface area contributed by atoms with Gasteiger partial charge in [0.15, 0.2) is 11.5 Å². The van der Waals surface area contributed by atoms with Gasteiger partial charge in [0.05, 0.1) is 0 Å². The molecule has 92 valence electrons. The normalized spacial score (nSPS) is 27.1. The van der Waals surface area contributed by atoms with Crippen molar-refractivity contribution in [1.82, 2.24) is 5.32 Å². The second-order valence-electron chi connectivity index (χ2n) is 4.63. The van der Waals surface area contributed by atoms with Gasteiger partial charge >= 0.3 is 0 Å². The van der Waals surface area contributed by atoms with E-state index in [9.17, 15) is 0 Å². The summed E-state index contributed by atoms with van der Waals surface area (Å²) in [5, 5.41) is 3.40. The molecule has 2 heterocycles. The molecule has 0 saturated carbocycles. The van der Waals surface area contributed by atoms with Crippen LogP contribution in [0.5, 0.6) is 11.5 Å². The highest BCUT2D eigenvalue weighted by Gasteiger charge is 2.31. The first-order valence-electron chi connectivity index (χ1n) is 6.19. The van der Waals surface area contributed by atoms with Gasteiger partial charge in [-0.15, -0.1) is 0 Å². The van der Waals surface area contributed by atoms with Gasteiger partial charge in [-0.25, -0.2) is 0 Å². The standard InChI is InChI=1S/C13H18N2O2/c14-6-9-7-15-8-11(9)10-2-1-3-12-13(10)17-5-4-16-12/h1-3,9,11,15H,4-8,14H2. The summed E-state index contributed by atoms with van der Waals surface area (Å²) in [6.45, 7) is 3.95. The number of hydrogen-bond donors (Lipinski definition) is 2. The molecule has 1 saturated heterocycles. The minimum absolute atomic E-state index is 0.441. The van der Waals surface area contributed by atoms with Crippen LogP contribution in [0.3, 0.4) is 0 Å². The summed E-state index contributed by atoms with van der Waals surface area (Å²) in [7, 11) is 0. The van der Waals surface area contributed by atoms with Gasteiger partial charge in [-0.2, -0.15) is 0 Å². The molecule has 2 atom stereocenters. The molecule has 1 aromatic carbocycles. The highest BCUT2D eigenvalue weighted by Crippen LogP contribution is 2.40. The number of fused-ring (bicyclic) bond motifs is 1. The maximum absolute atomic E-state index is 5.83. The number of rotatable bonds is 2. The Balaban J connectivity index is 1.97. The van der Waals surface area contributed by atoms with Crippen molar-refractivity contribution in [3.8, 4) is 11.5 Å². The third-order valence-electron chi connectivity index (χ3n) is 3.64. The Morgan fingerprint density at radius 1 is 1.24 bits per heavy atom. The Bertz CT molecular complexity index is 408. The van der Waals surface area contributed by atoms with E-state index in [0.717, 1.165) is 24.6 Å². The van der Waals surface area contributed by atoms with E-state index < -0.39 is 0 Å². The molecule has 3 rings (SSSR count).